The molecule has 2 saturated heterocycles. The molecule has 22 heteroatoms. The molecule has 4 N–H and O–H groups in total. The van der Waals surface area contributed by atoms with Gasteiger partial charge in [-0.1, -0.05) is 60.7 Å². The molecule has 2 fully saturated rings. The van der Waals surface area contributed by atoms with Gasteiger partial charge in [-0.3, -0.25) is 0 Å². The first-order valence-corrected chi connectivity index (χ1v) is 22.0. The molecule has 0 unspecified atom stereocenters. The average molecular weight is 879 g/mol. The van der Waals surface area contributed by atoms with Gasteiger partial charge in [0.05, 0.1) is 36.2 Å². The summed E-state index contributed by atoms with van der Waals surface area (Å²) in [5.41, 5.74) is 1.63. The number of rotatable bonds is 14. The zero-order chi connectivity index (χ0) is 43.1. The van der Waals surface area contributed by atoms with Crippen LogP contribution < -0.4 is 31.1 Å². The predicted octanol–water partition coefficient (Wildman–Crippen LogP) is 4.68. The van der Waals surface area contributed by atoms with Gasteiger partial charge in [-0.05, 0) is 59.7 Å². The summed E-state index contributed by atoms with van der Waals surface area (Å²) in [6.45, 7) is 4.04. The maximum atomic E-state index is 12.6. The van der Waals surface area contributed by atoms with E-state index in [4.69, 9.17) is 9.47 Å². The summed E-state index contributed by atoms with van der Waals surface area (Å²) >= 11 is 0. The van der Waals surface area contributed by atoms with Crippen LogP contribution in [-0.4, -0.2) is 108 Å². The maximum Gasteiger partial charge on any atom is 0.233 e. The van der Waals surface area contributed by atoms with Crippen LogP contribution in [-0.2, 0) is 29.7 Å². The second kappa shape index (κ2) is 18.4. The zero-order valence-corrected chi connectivity index (χ0v) is 34.3. The number of morpholine rings is 2. The highest BCUT2D eigenvalue weighted by molar-refractivity contribution is 7.86. The summed E-state index contributed by atoms with van der Waals surface area (Å²) in [5, 5.41) is 12.2. The van der Waals surface area contributed by atoms with Crippen LogP contribution in [0.25, 0.3) is 12.2 Å². The normalized spacial score (nSPS) is 14.7. The van der Waals surface area contributed by atoms with Gasteiger partial charge >= 0.3 is 0 Å². The van der Waals surface area contributed by atoms with E-state index in [0.717, 1.165) is 23.5 Å². The first-order valence-electron chi connectivity index (χ1n) is 19.2. The Kier molecular flexibility index (Phi) is 12.5. The van der Waals surface area contributed by atoms with E-state index in [9.17, 15) is 25.9 Å². The van der Waals surface area contributed by atoms with E-state index in [0.29, 0.717) is 64.5 Å². The molecule has 0 aliphatic carbocycles. The molecule has 0 radical (unpaired) electrons. The van der Waals surface area contributed by atoms with E-state index in [2.05, 4.69) is 51.2 Å². The quantitative estimate of drug-likeness (QED) is 0.0854. The van der Waals surface area contributed by atoms with Crippen LogP contribution in [0.15, 0.2) is 107 Å². The van der Waals surface area contributed by atoms with Crippen molar-refractivity contribution in [1.29, 1.82) is 0 Å². The molecule has 2 aromatic heterocycles. The van der Waals surface area contributed by atoms with E-state index in [-0.39, 0.29) is 46.3 Å². The van der Waals surface area contributed by atoms with Crippen molar-refractivity contribution in [3.63, 3.8) is 0 Å². The largest absolute Gasteiger partial charge is 0.744 e. The topological polar surface area (TPSA) is 265 Å². The third-order valence-corrected chi connectivity index (χ3v) is 11.2. The Hall–Kier alpha value is -6.82. The minimum atomic E-state index is -5.10. The van der Waals surface area contributed by atoms with Crippen molar-refractivity contribution in [3.05, 3.63) is 108 Å². The van der Waals surface area contributed by atoms with E-state index in [1.807, 2.05) is 70.5 Å². The lowest BCUT2D eigenvalue weighted by atomic mass is 10.1. The molecule has 320 valence electrons. The molecule has 62 heavy (non-hydrogen) atoms. The molecular formula is C40H38N12O8S2-2. The van der Waals surface area contributed by atoms with Gasteiger partial charge in [0.1, 0.15) is 20.2 Å². The number of para-hydroxylation sites is 2. The molecule has 0 saturated carbocycles. The van der Waals surface area contributed by atoms with Gasteiger partial charge in [-0.2, -0.15) is 29.9 Å². The first kappa shape index (κ1) is 41.9. The van der Waals surface area contributed by atoms with Crippen molar-refractivity contribution < 1.29 is 35.4 Å². The Morgan fingerprint density at radius 2 is 0.806 bits per heavy atom. The third kappa shape index (κ3) is 10.7. The molecule has 2 aliphatic rings. The van der Waals surface area contributed by atoms with Crippen LogP contribution >= 0.6 is 0 Å². The molecule has 4 aromatic carbocycles. The van der Waals surface area contributed by atoms with Crippen molar-refractivity contribution >= 4 is 90.8 Å². The highest BCUT2D eigenvalue weighted by Gasteiger charge is 2.20. The van der Waals surface area contributed by atoms with Crippen LogP contribution in [0.4, 0.5) is 58.4 Å². The summed E-state index contributed by atoms with van der Waals surface area (Å²) in [7, 11) is -10.2. The summed E-state index contributed by atoms with van der Waals surface area (Å²) < 4.78 is 86.6. The Balaban J connectivity index is 1.06. The highest BCUT2D eigenvalue weighted by atomic mass is 32.2. The molecular weight excluding hydrogens is 841 g/mol. The van der Waals surface area contributed by atoms with E-state index in [1.54, 1.807) is 0 Å². The maximum absolute atomic E-state index is 12.6. The molecule has 4 heterocycles. The number of anilines is 10. The van der Waals surface area contributed by atoms with Crippen molar-refractivity contribution in [2.75, 3.05) is 83.7 Å². The Bertz CT molecular complexity index is 2600. The zero-order valence-electron chi connectivity index (χ0n) is 32.7. The summed E-state index contributed by atoms with van der Waals surface area (Å²) in [5.74, 6) is 1.26. The third-order valence-electron chi connectivity index (χ3n) is 9.42. The van der Waals surface area contributed by atoms with Gasteiger partial charge in [-0.15, -0.1) is 0 Å². The second-order valence-electron chi connectivity index (χ2n) is 13.7. The van der Waals surface area contributed by atoms with Crippen LogP contribution in [0, 0.1) is 0 Å². The SMILES string of the molecule is O=S(=O)([O-])c1cc(Nc2nc(Nc3ccccc3)nc(N3CCOCC3)n2)ccc1C=Cc1ccc(Nc2nc(Nc3ccccc3)nc(N3CCOCC3)n2)cc1S(=O)(=O)[O-]. The average Bonchev–Trinajstić information content (AvgIpc) is 3.27. The van der Waals surface area contributed by atoms with Crippen molar-refractivity contribution in [2.45, 2.75) is 9.79 Å². The molecule has 0 amide bonds. The van der Waals surface area contributed by atoms with E-state index >= 15 is 0 Å². The van der Waals surface area contributed by atoms with Crippen molar-refractivity contribution in [2.24, 2.45) is 0 Å². The van der Waals surface area contributed by atoms with Gasteiger partial charge < -0.3 is 49.6 Å². The molecule has 0 bridgehead atoms. The van der Waals surface area contributed by atoms with Crippen molar-refractivity contribution in [1.82, 2.24) is 29.9 Å². The molecule has 8 rings (SSSR count). The Morgan fingerprint density at radius 1 is 0.468 bits per heavy atom. The Labute approximate surface area is 356 Å². The molecule has 0 atom stereocenters. The molecule has 2 aliphatic heterocycles. The highest BCUT2D eigenvalue weighted by Crippen LogP contribution is 2.29. The lowest BCUT2D eigenvalue weighted by molar-refractivity contribution is 0.122. The predicted molar refractivity (Wildman–Crippen MR) is 229 cm³/mol. The molecule has 20 nitrogen and oxygen atoms in total. The number of nitrogens with zero attached hydrogens (tertiary/aromatic N) is 8. The van der Waals surface area contributed by atoms with Gasteiger partial charge in [0.15, 0.2) is 0 Å². The number of hydrogen-bond acceptors (Lipinski definition) is 20. The lowest BCUT2D eigenvalue weighted by Gasteiger charge is -2.27. The van der Waals surface area contributed by atoms with Crippen LogP contribution in [0.1, 0.15) is 11.1 Å². The van der Waals surface area contributed by atoms with Gasteiger partial charge in [0.2, 0.25) is 35.7 Å². The van der Waals surface area contributed by atoms with Gasteiger partial charge in [-0.25, -0.2) is 16.8 Å². The minimum absolute atomic E-state index is 0.0645. The number of hydrogen-bond donors (Lipinski definition) is 4. The Morgan fingerprint density at radius 3 is 1.15 bits per heavy atom. The fourth-order valence-electron chi connectivity index (χ4n) is 6.43. The van der Waals surface area contributed by atoms with Crippen LogP contribution in [0.3, 0.4) is 0 Å². The standard InChI is InChI=1S/C40H40N12O8S2/c53-61(54,55)33-25-31(43-37-45-35(41-29-7-3-1-4-8-29)47-39(49-37)51-17-21-59-22-18-51)15-13-27(33)11-12-28-14-16-32(26-34(28)62(56,57)58)44-38-46-36(42-30-9-5-2-6-10-30)48-40(50-38)52-19-23-60-24-20-52/h1-16,25-26H,17-24H2,(H,53,54,55)(H,56,57,58)(H2,41,43,45,47,49)(H2,42,44,46,48,50)/p-2. The number of ether oxygens (including phenoxy) is 2. The van der Waals surface area contributed by atoms with Crippen molar-refractivity contribution in [3.8, 4) is 0 Å². The van der Waals surface area contributed by atoms with Crippen LogP contribution in [0.2, 0.25) is 0 Å². The van der Waals surface area contributed by atoms with Gasteiger partial charge in [0.25, 0.3) is 0 Å². The number of aromatic nitrogens is 6. The lowest BCUT2D eigenvalue weighted by Crippen LogP contribution is -2.37. The van der Waals surface area contributed by atoms with Crippen LogP contribution in [0.5, 0.6) is 0 Å². The fourth-order valence-corrected chi connectivity index (χ4v) is 7.83. The second-order valence-corrected chi connectivity index (χ2v) is 16.4. The van der Waals surface area contributed by atoms with Gasteiger partial charge in [0, 0.05) is 48.9 Å². The summed E-state index contributed by atoms with van der Waals surface area (Å²) in [4.78, 5) is 29.7. The number of nitrogens with one attached hydrogen (secondary N) is 4. The first-order chi connectivity index (χ1) is 29.9. The van der Waals surface area contributed by atoms with E-state index in [1.165, 1.54) is 36.4 Å². The monoisotopic (exact) mass is 878 g/mol. The summed E-state index contributed by atoms with van der Waals surface area (Å²) in [6, 6.07) is 26.4. The fraction of sp³-hybridized carbons (Fsp3) is 0.200. The van der Waals surface area contributed by atoms with E-state index < -0.39 is 30.0 Å². The summed E-state index contributed by atoms with van der Waals surface area (Å²) in [6.07, 6.45) is 2.46. The molecule has 6 aromatic rings. The number of benzene rings is 4. The minimum Gasteiger partial charge on any atom is -0.744 e. The smallest absolute Gasteiger partial charge is 0.233 e. The molecule has 0 spiro atoms.